The van der Waals surface area contributed by atoms with Crippen molar-refractivity contribution in [1.29, 1.82) is 0 Å². The first-order valence-electron chi connectivity index (χ1n) is 14.6. The van der Waals surface area contributed by atoms with E-state index in [1.807, 2.05) is 103 Å². The predicted octanol–water partition coefficient (Wildman–Crippen LogP) is 4.85. The van der Waals surface area contributed by atoms with Gasteiger partial charge in [-0.3, -0.25) is 10.1 Å². The van der Waals surface area contributed by atoms with Crippen LogP contribution in [0.4, 0.5) is 4.79 Å². The van der Waals surface area contributed by atoms with Gasteiger partial charge in [0.2, 0.25) is 0 Å². The Morgan fingerprint density at radius 1 is 0.651 bits per heavy atom. The topological polar surface area (TPSA) is 106 Å². The van der Waals surface area contributed by atoms with Gasteiger partial charge in [0.25, 0.3) is 0 Å². The molecule has 0 aliphatic carbocycles. The maximum atomic E-state index is 14.8. The maximum Gasteiger partial charge on any atom is 0.321 e. The Balaban J connectivity index is 1.42. The van der Waals surface area contributed by atoms with Gasteiger partial charge in [-0.2, -0.15) is 5.10 Å². The van der Waals surface area contributed by atoms with E-state index in [1.54, 1.807) is 28.4 Å². The van der Waals surface area contributed by atoms with Gasteiger partial charge >= 0.3 is 6.03 Å². The van der Waals surface area contributed by atoms with Gasteiger partial charge in [0, 0.05) is 31.7 Å². The lowest BCUT2D eigenvalue weighted by molar-refractivity contribution is -0.0408. The van der Waals surface area contributed by atoms with Crippen molar-refractivity contribution in [3.8, 4) is 11.3 Å². The average molecular weight is 574 g/mol. The van der Waals surface area contributed by atoms with Crippen LogP contribution in [0.15, 0.2) is 122 Å². The molecular weight excluding hydrogens is 538 g/mol. The lowest BCUT2D eigenvalue weighted by atomic mass is 9.91. The Hall–Kier alpha value is -4.79. The van der Waals surface area contributed by atoms with E-state index in [-0.39, 0.29) is 19.1 Å². The van der Waals surface area contributed by atoms with Crippen LogP contribution in [0.5, 0.6) is 0 Å². The fourth-order valence-corrected chi connectivity index (χ4v) is 5.95. The largest absolute Gasteiger partial charge is 0.388 e. The minimum absolute atomic E-state index is 0.242. The van der Waals surface area contributed by atoms with Gasteiger partial charge in [-0.15, -0.1) is 0 Å². The van der Waals surface area contributed by atoms with Crippen molar-refractivity contribution in [2.24, 2.45) is 0 Å². The summed E-state index contributed by atoms with van der Waals surface area (Å²) in [7, 11) is 0. The van der Waals surface area contributed by atoms with Crippen molar-refractivity contribution < 1.29 is 15.0 Å². The van der Waals surface area contributed by atoms with E-state index in [0.717, 1.165) is 33.5 Å². The molecule has 0 radical (unpaired) electrons. The molecule has 0 saturated carbocycles. The van der Waals surface area contributed by atoms with Gasteiger partial charge in [-0.05, 0) is 58.9 Å². The third-order valence-corrected chi connectivity index (χ3v) is 8.17. The van der Waals surface area contributed by atoms with Crippen molar-refractivity contribution in [2.75, 3.05) is 0 Å². The van der Waals surface area contributed by atoms with E-state index in [0.29, 0.717) is 12.8 Å². The highest BCUT2D eigenvalue weighted by Gasteiger charge is 2.46. The highest BCUT2D eigenvalue weighted by Crippen LogP contribution is 2.30. The number of amides is 2. The van der Waals surface area contributed by atoms with Crippen molar-refractivity contribution in [3.05, 3.63) is 144 Å². The fourth-order valence-electron chi connectivity index (χ4n) is 5.95. The lowest BCUT2D eigenvalue weighted by Crippen LogP contribution is -2.50. The monoisotopic (exact) mass is 573 g/mol. The third kappa shape index (κ3) is 6.51. The van der Waals surface area contributed by atoms with E-state index in [1.165, 1.54) is 0 Å². The molecule has 3 N–H and O–H groups in total. The molecule has 1 aliphatic rings. The molecule has 0 unspecified atom stereocenters. The molecular formula is C35H35N5O3. The minimum atomic E-state index is -1.19. The Kier molecular flexibility index (Phi) is 8.58. The van der Waals surface area contributed by atoms with Crippen LogP contribution in [-0.4, -0.2) is 65.5 Å². The number of benzene rings is 3. The zero-order chi connectivity index (χ0) is 29.6. The lowest BCUT2D eigenvalue weighted by Gasteiger charge is -2.35. The van der Waals surface area contributed by atoms with Gasteiger partial charge in [0.05, 0.1) is 17.8 Å². The number of aliphatic hydroxyl groups excluding tert-OH is 2. The molecule has 0 bridgehead atoms. The molecule has 0 spiro atoms. The Labute approximate surface area is 251 Å². The number of nitrogens with one attached hydrogen (secondary N) is 1. The number of H-pyrrole nitrogens is 1. The number of pyridine rings is 1. The number of aromatic nitrogens is 3. The number of hydrogen-bond acceptors (Lipinski definition) is 5. The standard InChI is InChI=1S/C35H35N5O3/c41-33-31(20-25-9-3-1-4-10-25)39(23-27-13-7-15-29(19-27)30-16-18-37-38-30)35(43)40(24-28-14-8-17-36-22-28)32(34(33)42)21-26-11-5-2-6-12-26/h1-19,22,31-34,41-42H,20-21,23-24H2,(H,37,38)/t31-,32-,33+,34+/m1/s1. The molecule has 2 aromatic heterocycles. The summed E-state index contributed by atoms with van der Waals surface area (Å²) in [6.45, 7) is 0.500. The third-order valence-electron chi connectivity index (χ3n) is 8.17. The first kappa shape index (κ1) is 28.3. The summed E-state index contributed by atoms with van der Waals surface area (Å²) in [5, 5.41) is 30.8. The van der Waals surface area contributed by atoms with Gasteiger partial charge in [0.1, 0.15) is 12.2 Å². The van der Waals surface area contributed by atoms with E-state index in [2.05, 4.69) is 15.2 Å². The Bertz CT molecular complexity index is 1600. The number of nitrogens with zero attached hydrogens (tertiary/aromatic N) is 4. The highest BCUT2D eigenvalue weighted by atomic mass is 16.3. The molecule has 218 valence electrons. The summed E-state index contributed by atoms with van der Waals surface area (Å²) in [5.74, 6) is 0. The Morgan fingerprint density at radius 2 is 1.23 bits per heavy atom. The van der Waals surface area contributed by atoms with Crippen LogP contribution in [0.3, 0.4) is 0 Å². The van der Waals surface area contributed by atoms with Crippen LogP contribution in [-0.2, 0) is 25.9 Å². The second-order valence-electron chi connectivity index (χ2n) is 11.1. The van der Waals surface area contributed by atoms with Gasteiger partial charge < -0.3 is 20.0 Å². The van der Waals surface area contributed by atoms with Gasteiger partial charge in [-0.1, -0.05) is 84.9 Å². The van der Waals surface area contributed by atoms with E-state index >= 15 is 0 Å². The van der Waals surface area contributed by atoms with E-state index in [9.17, 15) is 15.0 Å². The highest BCUT2D eigenvalue weighted by molar-refractivity contribution is 5.76. The summed E-state index contributed by atoms with van der Waals surface area (Å²) in [4.78, 5) is 22.5. The SMILES string of the molecule is O=C1N(Cc2cccnc2)[C@H](Cc2ccccc2)[C@H](O)[C@@H](O)[C@@H](Cc2ccccc2)N1Cc1cccc(-c2ccn[nH]2)c1. The number of aromatic amines is 1. The molecule has 1 aliphatic heterocycles. The summed E-state index contributed by atoms with van der Waals surface area (Å²) >= 11 is 0. The number of rotatable bonds is 9. The predicted molar refractivity (Wildman–Crippen MR) is 165 cm³/mol. The number of urea groups is 1. The van der Waals surface area contributed by atoms with Crippen LogP contribution >= 0.6 is 0 Å². The number of carbonyl (C=O) groups excluding carboxylic acids is 1. The maximum absolute atomic E-state index is 14.8. The molecule has 1 saturated heterocycles. The number of carbonyl (C=O) groups is 1. The van der Waals surface area contributed by atoms with Crippen molar-refractivity contribution in [1.82, 2.24) is 25.0 Å². The Morgan fingerprint density at radius 3 is 1.79 bits per heavy atom. The first-order chi connectivity index (χ1) is 21.1. The summed E-state index contributed by atoms with van der Waals surface area (Å²) < 4.78 is 0. The number of aliphatic hydroxyl groups is 2. The quantitative estimate of drug-likeness (QED) is 0.234. The number of hydrogen-bond donors (Lipinski definition) is 3. The van der Waals surface area contributed by atoms with Crippen molar-refractivity contribution >= 4 is 6.03 Å². The van der Waals surface area contributed by atoms with Crippen LogP contribution in [0.2, 0.25) is 0 Å². The van der Waals surface area contributed by atoms with Gasteiger partial charge in [0.15, 0.2) is 0 Å². The zero-order valence-corrected chi connectivity index (χ0v) is 23.8. The van der Waals surface area contributed by atoms with Crippen LogP contribution in [0.25, 0.3) is 11.3 Å². The first-order valence-corrected chi connectivity index (χ1v) is 14.6. The van der Waals surface area contributed by atoms with E-state index < -0.39 is 24.3 Å². The van der Waals surface area contributed by atoms with Crippen LogP contribution in [0.1, 0.15) is 22.3 Å². The molecule has 8 heteroatoms. The molecule has 5 aromatic rings. The normalized spacial score (nSPS) is 20.7. The molecule has 3 heterocycles. The molecule has 2 amide bonds. The molecule has 8 nitrogen and oxygen atoms in total. The molecule has 6 rings (SSSR count). The molecule has 3 aromatic carbocycles. The summed E-state index contributed by atoms with van der Waals surface area (Å²) in [6, 6.07) is 31.6. The van der Waals surface area contributed by atoms with Gasteiger partial charge in [-0.25, -0.2) is 4.79 Å². The van der Waals surface area contributed by atoms with Crippen molar-refractivity contribution in [2.45, 2.75) is 50.2 Å². The molecule has 1 fully saturated rings. The summed E-state index contributed by atoms with van der Waals surface area (Å²) in [5.41, 5.74) is 5.53. The van der Waals surface area contributed by atoms with Crippen LogP contribution in [0, 0.1) is 0 Å². The van der Waals surface area contributed by atoms with Crippen LogP contribution < -0.4 is 0 Å². The average Bonchev–Trinajstić information content (AvgIpc) is 3.59. The fraction of sp³-hybridized carbons (Fsp3) is 0.229. The van der Waals surface area contributed by atoms with Crippen molar-refractivity contribution in [3.63, 3.8) is 0 Å². The second-order valence-corrected chi connectivity index (χ2v) is 11.1. The second kappa shape index (κ2) is 13.0. The van der Waals surface area contributed by atoms with E-state index in [4.69, 9.17) is 0 Å². The minimum Gasteiger partial charge on any atom is -0.388 e. The smallest absolute Gasteiger partial charge is 0.321 e. The molecule has 43 heavy (non-hydrogen) atoms. The molecule has 4 atom stereocenters. The zero-order valence-electron chi connectivity index (χ0n) is 23.8. The summed E-state index contributed by atoms with van der Waals surface area (Å²) in [6.07, 6.45) is 3.55.